The SMILES string of the molecule is C=C(OCCc1ccc(C#N)cc1)C1=C(N=C(C)Cc2ccccc2)CCNCC1. The van der Waals surface area contributed by atoms with E-state index in [0.717, 1.165) is 67.1 Å². The summed E-state index contributed by atoms with van der Waals surface area (Å²) in [7, 11) is 0. The summed E-state index contributed by atoms with van der Waals surface area (Å²) in [5.41, 5.74) is 6.39. The Bertz CT molecular complexity index is 950. The number of rotatable bonds is 8. The zero-order valence-corrected chi connectivity index (χ0v) is 17.7. The zero-order valence-electron chi connectivity index (χ0n) is 17.7. The lowest BCUT2D eigenvalue weighted by molar-refractivity contribution is 0.223. The number of benzene rings is 2. The first kappa shape index (κ1) is 21.5. The fraction of sp³-hybridized carbons (Fsp3) is 0.308. The Morgan fingerprint density at radius 3 is 2.53 bits per heavy atom. The van der Waals surface area contributed by atoms with E-state index >= 15 is 0 Å². The van der Waals surface area contributed by atoms with Gasteiger partial charge in [0.1, 0.15) is 5.76 Å². The second-order valence-electron chi connectivity index (χ2n) is 7.52. The number of allylic oxidation sites excluding steroid dienone is 1. The van der Waals surface area contributed by atoms with E-state index in [9.17, 15) is 0 Å². The first-order chi connectivity index (χ1) is 14.7. The van der Waals surface area contributed by atoms with Gasteiger partial charge in [-0.2, -0.15) is 5.26 Å². The Morgan fingerprint density at radius 2 is 1.80 bits per heavy atom. The normalized spacial score (nSPS) is 14.7. The van der Waals surface area contributed by atoms with Gasteiger partial charge in [0.15, 0.2) is 0 Å². The molecule has 30 heavy (non-hydrogen) atoms. The van der Waals surface area contributed by atoms with E-state index in [2.05, 4.69) is 49.2 Å². The molecule has 0 saturated carbocycles. The summed E-state index contributed by atoms with van der Waals surface area (Å²) in [6.45, 7) is 8.67. The molecule has 0 fully saturated rings. The van der Waals surface area contributed by atoms with Crippen LogP contribution in [0.1, 0.15) is 36.5 Å². The second kappa shape index (κ2) is 11.1. The maximum absolute atomic E-state index is 8.91. The van der Waals surface area contributed by atoms with Crippen LogP contribution in [-0.2, 0) is 17.6 Å². The van der Waals surface area contributed by atoms with Crippen molar-refractivity contribution in [2.75, 3.05) is 19.7 Å². The van der Waals surface area contributed by atoms with Crippen molar-refractivity contribution in [2.24, 2.45) is 4.99 Å². The molecular formula is C26H29N3O. The summed E-state index contributed by atoms with van der Waals surface area (Å²) in [5.74, 6) is 0.721. The fourth-order valence-electron chi connectivity index (χ4n) is 3.55. The lowest BCUT2D eigenvalue weighted by atomic mass is 10.1. The molecular weight excluding hydrogens is 370 g/mol. The molecule has 0 spiro atoms. The molecule has 4 nitrogen and oxygen atoms in total. The minimum Gasteiger partial charge on any atom is -0.494 e. The van der Waals surface area contributed by atoms with Gasteiger partial charge >= 0.3 is 0 Å². The number of nitrogens with zero attached hydrogens (tertiary/aromatic N) is 2. The van der Waals surface area contributed by atoms with E-state index in [4.69, 9.17) is 15.0 Å². The molecule has 0 aromatic heterocycles. The lowest BCUT2D eigenvalue weighted by Gasteiger charge is -2.15. The lowest BCUT2D eigenvalue weighted by Crippen LogP contribution is -2.14. The molecule has 1 aliphatic heterocycles. The Kier molecular flexibility index (Phi) is 8.00. The van der Waals surface area contributed by atoms with Crippen LogP contribution in [0.4, 0.5) is 0 Å². The van der Waals surface area contributed by atoms with Crippen molar-refractivity contribution in [1.29, 1.82) is 5.26 Å². The molecule has 2 aromatic rings. The summed E-state index contributed by atoms with van der Waals surface area (Å²) >= 11 is 0. The maximum Gasteiger partial charge on any atom is 0.117 e. The van der Waals surface area contributed by atoms with Gasteiger partial charge in [0, 0.05) is 42.8 Å². The predicted octanol–water partition coefficient (Wildman–Crippen LogP) is 4.97. The molecule has 0 radical (unpaired) electrons. The van der Waals surface area contributed by atoms with Gasteiger partial charge in [0.25, 0.3) is 0 Å². The minimum atomic E-state index is 0.557. The van der Waals surface area contributed by atoms with Gasteiger partial charge in [-0.1, -0.05) is 49.0 Å². The zero-order chi connectivity index (χ0) is 21.2. The highest BCUT2D eigenvalue weighted by molar-refractivity contribution is 5.85. The van der Waals surface area contributed by atoms with Crippen LogP contribution in [0.2, 0.25) is 0 Å². The minimum absolute atomic E-state index is 0.557. The molecule has 1 aliphatic rings. The van der Waals surface area contributed by atoms with Gasteiger partial charge in [-0.3, -0.25) is 4.99 Å². The molecule has 0 aliphatic carbocycles. The highest BCUT2D eigenvalue weighted by Crippen LogP contribution is 2.24. The number of ether oxygens (including phenoxy) is 1. The van der Waals surface area contributed by atoms with Crippen LogP contribution in [0.15, 0.2) is 83.2 Å². The molecule has 0 amide bonds. The molecule has 4 heteroatoms. The monoisotopic (exact) mass is 399 g/mol. The van der Waals surface area contributed by atoms with E-state index in [1.165, 1.54) is 5.56 Å². The largest absolute Gasteiger partial charge is 0.494 e. The number of hydrogen-bond acceptors (Lipinski definition) is 4. The average molecular weight is 400 g/mol. The van der Waals surface area contributed by atoms with Crippen molar-refractivity contribution < 1.29 is 4.74 Å². The third-order valence-electron chi connectivity index (χ3n) is 5.15. The van der Waals surface area contributed by atoms with Crippen LogP contribution < -0.4 is 5.32 Å². The Labute approximate surface area is 179 Å². The van der Waals surface area contributed by atoms with Crippen molar-refractivity contribution >= 4 is 5.71 Å². The fourth-order valence-corrected chi connectivity index (χ4v) is 3.55. The van der Waals surface area contributed by atoms with Gasteiger partial charge in [-0.05, 0) is 43.1 Å². The molecule has 1 heterocycles. The van der Waals surface area contributed by atoms with E-state index < -0.39 is 0 Å². The van der Waals surface area contributed by atoms with E-state index in [-0.39, 0.29) is 0 Å². The van der Waals surface area contributed by atoms with Gasteiger partial charge in [0.05, 0.1) is 18.2 Å². The maximum atomic E-state index is 8.91. The number of aliphatic imine (C=N–C) groups is 1. The first-order valence-corrected chi connectivity index (χ1v) is 10.5. The van der Waals surface area contributed by atoms with Gasteiger partial charge < -0.3 is 10.1 Å². The van der Waals surface area contributed by atoms with Crippen molar-refractivity contribution in [3.63, 3.8) is 0 Å². The highest BCUT2D eigenvalue weighted by atomic mass is 16.5. The Morgan fingerprint density at radius 1 is 1.07 bits per heavy atom. The van der Waals surface area contributed by atoms with Crippen LogP contribution in [0.3, 0.4) is 0 Å². The molecule has 1 N–H and O–H groups in total. The van der Waals surface area contributed by atoms with Crippen molar-refractivity contribution in [2.45, 2.75) is 32.6 Å². The quantitative estimate of drug-likeness (QED) is 0.503. The molecule has 0 bridgehead atoms. The van der Waals surface area contributed by atoms with Crippen LogP contribution in [0.25, 0.3) is 0 Å². The smallest absolute Gasteiger partial charge is 0.117 e. The Hall–Kier alpha value is -3.16. The molecule has 0 saturated heterocycles. The number of hydrogen-bond donors (Lipinski definition) is 1. The van der Waals surface area contributed by atoms with Crippen LogP contribution in [-0.4, -0.2) is 25.4 Å². The topological polar surface area (TPSA) is 57.4 Å². The second-order valence-corrected chi connectivity index (χ2v) is 7.52. The van der Waals surface area contributed by atoms with Gasteiger partial charge in [-0.25, -0.2) is 0 Å². The molecule has 3 rings (SSSR count). The summed E-state index contributed by atoms with van der Waals surface area (Å²) in [6.07, 6.45) is 3.37. The molecule has 154 valence electrons. The first-order valence-electron chi connectivity index (χ1n) is 10.5. The van der Waals surface area contributed by atoms with Crippen LogP contribution in [0.5, 0.6) is 0 Å². The number of nitrogens with one attached hydrogen (secondary N) is 1. The summed E-state index contributed by atoms with van der Waals surface area (Å²) < 4.78 is 6.01. The Balaban J connectivity index is 1.65. The molecule has 2 aromatic carbocycles. The van der Waals surface area contributed by atoms with Crippen molar-refractivity contribution in [1.82, 2.24) is 5.32 Å². The van der Waals surface area contributed by atoms with E-state index in [0.29, 0.717) is 12.2 Å². The van der Waals surface area contributed by atoms with Crippen LogP contribution >= 0.6 is 0 Å². The number of nitriles is 1. The third kappa shape index (κ3) is 6.43. The summed E-state index contributed by atoms with van der Waals surface area (Å²) in [5, 5.41) is 12.4. The van der Waals surface area contributed by atoms with Crippen molar-refractivity contribution in [3.8, 4) is 6.07 Å². The predicted molar refractivity (Wildman–Crippen MR) is 122 cm³/mol. The highest BCUT2D eigenvalue weighted by Gasteiger charge is 2.15. The summed E-state index contributed by atoms with van der Waals surface area (Å²) in [4.78, 5) is 4.96. The average Bonchev–Trinajstić information content (AvgIpc) is 3.00. The van der Waals surface area contributed by atoms with Crippen molar-refractivity contribution in [3.05, 3.63) is 94.9 Å². The molecule has 0 atom stereocenters. The van der Waals surface area contributed by atoms with Gasteiger partial charge in [-0.15, -0.1) is 0 Å². The summed E-state index contributed by atoms with van der Waals surface area (Å²) in [6, 6.07) is 20.2. The van der Waals surface area contributed by atoms with E-state index in [1.54, 1.807) is 0 Å². The van der Waals surface area contributed by atoms with E-state index in [1.807, 2.05) is 30.3 Å². The third-order valence-corrected chi connectivity index (χ3v) is 5.15. The molecule has 0 unspecified atom stereocenters. The van der Waals surface area contributed by atoms with Gasteiger partial charge in [0.2, 0.25) is 0 Å². The van der Waals surface area contributed by atoms with Crippen LogP contribution in [0, 0.1) is 11.3 Å². The standard InChI is InChI=1S/C26H29N3O/c1-20(18-23-6-4-3-5-7-23)29-26-13-16-28-15-12-25(26)21(2)30-17-14-22-8-10-24(19-27)11-9-22/h3-11,28H,2,12-18H2,1H3.